The molecule has 1 aliphatic heterocycles. The van der Waals surface area contributed by atoms with Gasteiger partial charge in [0, 0.05) is 11.8 Å². The Morgan fingerprint density at radius 1 is 1.45 bits per heavy atom. The number of aromatic amines is 1. The average molecular weight is 279 g/mol. The lowest BCUT2D eigenvalue weighted by Gasteiger charge is -2.27. The highest BCUT2D eigenvalue weighted by Crippen LogP contribution is 2.39. The van der Waals surface area contributed by atoms with Gasteiger partial charge in [-0.2, -0.15) is 0 Å². The molecular formula is C12H17N5O3. The van der Waals surface area contributed by atoms with Crippen LogP contribution >= 0.6 is 0 Å². The molecule has 3 rings (SSSR count). The van der Waals surface area contributed by atoms with Gasteiger partial charge in [-0.15, -0.1) is 0 Å². The van der Waals surface area contributed by atoms with E-state index in [1.165, 1.54) is 13.3 Å². The summed E-state index contributed by atoms with van der Waals surface area (Å²) < 4.78 is 0. The molecule has 7 N–H and O–H groups in total. The highest BCUT2D eigenvalue weighted by molar-refractivity contribution is 5.87. The van der Waals surface area contributed by atoms with Crippen LogP contribution in [0.15, 0.2) is 12.5 Å². The van der Waals surface area contributed by atoms with E-state index in [1.807, 2.05) is 0 Å². The molecule has 2 aromatic heterocycles. The lowest BCUT2D eigenvalue weighted by atomic mass is 9.89. The normalized spacial score (nSPS) is 33.9. The van der Waals surface area contributed by atoms with E-state index in [0.29, 0.717) is 22.4 Å². The third-order valence-corrected chi connectivity index (χ3v) is 3.97. The van der Waals surface area contributed by atoms with Gasteiger partial charge in [-0.05, 0) is 6.92 Å². The second-order valence-electron chi connectivity index (χ2n) is 5.29. The number of aliphatic hydroxyl groups excluding tert-OH is 2. The minimum atomic E-state index is -1.43. The van der Waals surface area contributed by atoms with Gasteiger partial charge in [0.25, 0.3) is 0 Å². The van der Waals surface area contributed by atoms with E-state index in [1.54, 1.807) is 6.20 Å². The van der Waals surface area contributed by atoms with Crippen molar-refractivity contribution < 1.29 is 15.3 Å². The van der Waals surface area contributed by atoms with Gasteiger partial charge in [0.15, 0.2) is 5.82 Å². The molecule has 20 heavy (non-hydrogen) atoms. The number of nitrogen functional groups attached to an aromatic ring is 1. The quantitative estimate of drug-likeness (QED) is 0.399. The predicted molar refractivity (Wildman–Crippen MR) is 71.7 cm³/mol. The molecule has 2 aromatic rings. The van der Waals surface area contributed by atoms with Gasteiger partial charge < -0.3 is 26.0 Å². The SMILES string of the molecule is CC1(O)C(c2c[nH]c3c(N)ncnc23)NC(CO)C1O. The summed E-state index contributed by atoms with van der Waals surface area (Å²) in [6.45, 7) is 1.25. The monoisotopic (exact) mass is 279 g/mol. The van der Waals surface area contributed by atoms with Gasteiger partial charge in [-0.3, -0.25) is 5.32 Å². The van der Waals surface area contributed by atoms with E-state index in [2.05, 4.69) is 20.3 Å². The Morgan fingerprint density at radius 2 is 2.20 bits per heavy atom. The lowest BCUT2D eigenvalue weighted by Crippen LogP contribution is -2.43. The van der Waals surface area contributed by atoms with E-state index in [4.69, 9.17) is 5.73 Å². The average Bonchev–Trinajstić information content (AvgIpc) is 2.92. The fraction of sp³-hybridized carbons (Fsp3) is 0.500. The van der Waals surface area contributed by atoms with Crippen LogP contribution in [0, 0.1) is 0 Å². The first-order valence-electron chi connectivity index (χ1n) is 6.31. The smallest absolute Gasteiger partial charge is 0.151 e. The Hall–Kier alpha value is -1.74. The molecule has 4 atom stereocenters. The zero-order valence-corrected chi connectivity index (χ0v) is 10.9. The third kappa shape index (κ3) is 1.70. The number of nitrogens with zero attached hydrogens (tertiary/aromatic N) is 2. The summed E-state index contributed by atoms with van der Waals surface area (Å²) in [6.07, 6.45) is 1.94. The second-order valence-corrected chi connectivity index (χ2v) is 5.29. The maximum Gasteiger partial charge on any atom is 0.151 e. The summed E-state index contributed by atoms with van der Waals surface area (Å²) in [5.74, 6) is 0.318. The summed E-state index contributed by atoms with van der Waals surface area (Å²) in [4.78, 5) is 11.0. The topological polar surface area (TPSA) is 140 Å². The first kappa shape index (κ1) is 13.3. The number of nitrogens with two attached hydrogens (primary N) is 1. The fourth-order valence-corrected chi connectivity index (χ4v) is 2.81. The van der Waals surface area contributed by atoms with Crippen molar-refractivity contribution in [3.63, 3.8) is 0 Å². The number of H-pyrrole nitrogens is 1. The molecule has 1 fully saturated rings. The third-order valence-electron chi connectivity index (χ3n) is 3.97. The van der Waals surface area contributed by atoms with Gasteiger partial charge in [0.1, 0.15) is 23.5 Å². The highest BCUT2D eigenvalue weighted by atomic mass is 16.3. The van der Waals surface area contributed by atoms with E-state index >= 15 is 0 Å². The van der Waals surface area contributed by atoms with Crippen LogP contribution < -0.4 is 11.1 Å². The molecule has 0 aromatic carbocycles. The molecule has 4 unspecified atom stereocenters. The number of fused-ring (bicyclic) bond motifs is 1. The van der Waals surface area contributed by atoms with Gasteiger partial charge in [0.2, 0.25) is 0 Å². The van der Waals surface area contributed by atoms with E-state index < -0.39 is 23.8 Å². The molecule has 0 aliphatic carbocycles. The second kappa shape index (κ2) is 4.38. The summed E-state index contributed by atoms with van der Waals surface area (Å²) in [5, 5.41) is 32.9. The van der Waals surface area contributed by atoms with Crippen molar-refractivity contribution in [3.05, 3.63) is 18.1 Å². The van der Waals surface area contributed by atoms with Gasteiger partial charge in [-0.25, -0.2) is 9.97 Å². The van der Waals surface area contributed by atoms with Crippen molar-refractivity contribution in [2.45, 2.75) is 30.7 Å². The molecule has 0 saturated carbocycles. The van der Waals surface area contributed by atoms with Gasteiger partial charge in [0.05, 0.1) is 24.2 Å². The standard InChI is InChI=1S/C12H17N5O3/c1-12(20)9(17-6(3-18)10(12)19)5-2-14-8-7(5)15-4-16-11(8)13/h2,4,6,9-10,14,17-20H,3H2,1H3,(H2,13,15,16). The van der Waals surface area contributed by atoms with Crippen LogP contribution in [0.25, 0.3) is 11.0 Å². The minimum Gasteiger partial charge on any atom is -0.395 e. The molecule has 3 heterocycles. The Labute approximate surface area is 114 Å². The zero-order chi connectivity index (χ0) is 14.5. The van der Waals surface area contributed by atoms with Crippen LogP contribution in [-0.2, 0) is 0 Å². The molecular weight excluding hydrogens is 262 g/mol. The van der Waals surface area contributed by atoms with Crippen LogP contribution in [0.5, 0.6) is 0 Å². The Morgan fingerprint density at radius 3 is 2.85 bits per heavy atom. The van der Waals surface area contributed by atoms with Crippen molar-refractivity contribution in [1.29, 1.82) is 0 Å². The van der Waals surface area contributed by atoms with E-state index in [9.17, 15) is 15.3 Å². The molecule has 0 radical (unpaired) electrons. The lowest BCUT2D eigenvalue weighted by molar-refractivity contribution is -0.0575. The highest BCUT2D eigenvalue weighted by Gasteiger charge is 2.51. The van der Waals surface area contributed by atoms with E-state index in [0.717, 1.165) is 0 Å². The van der Waals surface area contributed by atoms with Gasteiger partial charge >= 0.3 is 0 Å². The number of rotatable bonds is 2. The van der Waals surface area contributed by atoms with Crippen molar-refractivity contribution in [3.8, 4) is 0 Å². The molecule has 1 aliphatic rings. The summed E-state index contributed by atoms with van der Waals surface area (Å²) >= 11 is 0. The first-order valence-corrected chi connectivity index (χ1v) is 6.31. The summed E-state index contributed by atoms with van der Waals surface area (Å²) in [6, 6.07) is -1.17. The molecule has 0 amide bonds. The maximum atomic E-state index is 10.5. The maximum absolute atomic E-state index is 10.5. The number of aliphatic hydroxyl groups is 3. The van der Waals surface area contributed by atoms with Crippen LogP contribution in [0.2, 0.25) is 0 Å². The molecule has 0 bridgehead atoms. The largest absolute Gasteiger partial charge is 0.395 e. The van der Waals surface area contributed by atoms with Gasteiger partial charge in [-0.1, -0.05) is 0 Å². The number of hydrogen-bond acceptors (Lipinski definition) is 7. The number of nitrogens with one attached hydrogen (secondary N) is 2. The summed E-state index contributed by atoms with van der Waals surface area (Å²) in [7, 11) is 0. The molecule has 8 nitrogen and oxygen atoms in total. The van der Waals surface area contributed by atoms with E-state index in [-0.39, 0.29) is 6.61 Å². The Balaban J connectivity index is 2.10. The molecule has 8 heteroatoms. The predicted octanol–water partition coefficient (Wildman–Crippen LogP) is -1.34. The van der Waals surface area contributed by atoms with Crippen molar-refractivity contribution >= 4 is 16.9 Å². The van der Waals surface area contributed by atoms with Crippen LogP contribution in [0.3, 0.4) is 0 Å². The number of aromatic nitrogens is 3. The van der Waals surface area contributed by atoms with Crippen LogP contribution in [-0.4, -0.2) is 54.6 Å². The van der Waals surface area contributed by atoms with Crippen molar-refractivity contribution in [2.75, 3.05) is 12.3 Å². The molecule has 0 spiro atoms. The molecule has 108 valence electrons. The zero-order valence-electron chi connectivity index (χ0n) is 10.9. The molecule has 1 saturated heterocycles. The van der Waals surface area contributed by atoms with Crippen molar-refractivity contribution in [1.82, 2.24) is 20.3 Å². The Bertz CT molecular complexity index is 641. The fourth-order valence-electron chi connectivity index (χ4n) is 2.81. The van der Waals surface area contributed by atoms with Crippen LogP contribution in [0.1, 0.15) is 18.5 Å². The summed E-state index contributed by atoms with van der Waals surface area (Å²) in [5.41, 5.74) is 6.18. The van der Waals surface area contributed by atoms with Crippen molar-refractivity contribution in [2.24, 2.45) is 0 Å². The number of hydrogen-bond donors (Lipinski definition) is 6. The minimum absolute atomic E-state index is 0.271. The Kier molecular flexibility index (Phi) is 2.91. The number of anilines is 1. The van der Waals surface area contributed by atoms with Crippen LogP contribution in [0.4, 0.5) is 5.82 Å². The first-order chi connectivity index (χ1) is 9.46.